The van der Waals surface area contributed by atoms with Crippen LogP contribution in [0.25, 0.3) is 0 Å². The van der Waals surface area contributed by atoms with Crippen LogP contribution in [0.2, 0.25) is 5.02 Å². The standard InChI is InChI=1S/C15H13ClFNO3S/c16-12-4-6-14(7-5-12)18-15(19)10-22(20,21)9-11-2-1-3-13(17)8-11/h1-8H,9-10H2,(H,18,19). The summed E-state index contributed by atoms with van der Waals surface area (Å²) in [7, 11) is -3.68. The Bertz CT molecular complexity index is 776. The highest BCUT2D eigenvalue weighted by Gasteiger charge is 2.18. The summed E-state index contributed by atoms with van der Waals surface area (Å²) in [5.74, 6) is -2.23. The van der Waals surface area contributed by atoms with Crippen molar-refractivity contribution in [3.8, 4) is 0 Å². The fraction of sp³-hybridized carbons (Fsp3) is 0.133. The number of nitrogens with one attached hydrogen (secondary N) is 1. The summed E-state index contributed by atoms with van der Waals surface area (Å²) in [5, 5.41) is 2.98. The highest BCUT2D eigenvalue weighted by molar-refractivity contribution is 7.91. The maximum Gasteiger partial charge on any atom is 0.239 e. The molecule has 0 fully saturated rings. The van der Waals surface area contributed by atoms with E-state index < -0.39 is 33.1 Å². The van der Waals surface area contributed by atoms with Crippen molar-refractivity contribution in [3.63, 3.8) is 0 Å². The van der Waals surface area contributed by atoms with Crippen molar-refractivity contribution in [1.82, 2.24) is 0 Å². The molecule has 0 aliphatic rings. The second-order valence-corrected chi connectivity index (χ2v) is 7.22. The number of halogens is 2. The van der Waals surface area contributed by atoms with Gasteiger partial charge in [-0.3, -0.25) is 4.79 Å². The van der Waals surface area contributed by atoms with Crippen LogP contribution in [-0.4, -0.2) is 20.1 Å². The van der Waals surface area contributed by atoms with Gasteiger partial charge >= 0.3 is 0 Å². The van der Waals surface area contributed by atoms with Gasteiger partial charge < -0.3 is 5.32 Å². The van der Waals surface area contributed by atoms with E-state index in [4.69, 9.17) is 11.6 Å². The fourth-order valence-electron chi connectivity index (χ4n) is 1.86. The molecule has 2 aromatic rings. The van der Waals surface area contributed by atoms with Gasteiger partial charge in [0.2, 0.25) is 5.91 Å². The molecule has 1 N–H and O–H groups in total. The van der Waals surface area contributed by atoms with Gasteiger partial charge in [0.05, 0.1) is 5.75 Å². The zero-order chi connectivity index (χ0) is 16.2. The maximum absolute atomic E-state index is 13.0. The quantitative estimate of drug-likeness (QED) is 0.909. The largest absolute Gasteiger partial charge is 0.325 e. The molecule has 1 amide bonds. The van der Waals surface area contributed by atoms with Crippen molar-refractivity contribution in [1.29, 1.82) is 0 Å². The minimum absolute atomic E-state index is 0.305. The number of sulfone groups is 1. The SMILES string of the molecule is O=C(CS(=O)(=O)Cc1cccc(F)c1)Nc1ccc(Cl)cc1. The normalized spacial score (nSPS) is 11.2. The predicted octanol–water partition coefficient (Wildman–Crippen LogP) is 3.03. The predicted molar refractivity (Wildman–Crippen MR) is 84.0 cm³/mol. The van der Waals surface area contributed by atoms with Gasteiger partial charge in [0.1, 0.15) is 11.6 Å². The summed E-state index contributed by atoms with van der Waals surface area (Å²) in [6.07, 6.45) is 0. The van der Waals surface area contributed by atoms with Crippen molar-refractivity contribution in [2.45, 2.75) is 5.75 Å². The van der Waals surface area contributed by atoms with Crippen molar-refractivity contribution in [2.75, 3.05) is 11.1 Å². The Morgan fingerprint density at radius 3 is 2.45 bits per heavy atom. The van der Waals surface area contributed by atoms with Gasteiger partial charge in [-0.1, -0.05) is 23.7 Å². The number of benzene rings is 2. The second kappa shape index (κ2) is 6.89. The Kier molecular flexibility index (Phi) is 5.15. The zero-order valence-corrected chi connectivity index (χ0v) is 13.0. The molecule has 22 heavy (non-hydrogen) atoms. The Morgan fingerprint density at radius 2 is 1.82 bits per heavy atom. The molecule has 0 radical (unpaired) electrons. The molecule has 0 heterocycles. The number of hydrogen-bond donors (Lipinski definition) is 1. The van der Waals surface area contributed by atoms with Gasteiger partial charge in [-0.05, 0) is 42.0 Å². The molecule has 4 nitrogen and oxygen atoms in total. The molecule has 0 bridgehead atoms. The van der Waals surface area contributed by atoms with Crippen molar-refractivity contribution in [2.24, 2.45) is 0 Å². The molecule has 2 rings (SSSR count). The highest BCUT2D eigenvalue weighted by Crippen LogP contribution is 2.14. The lowest BCUT2D eigenvalue weighted by atomic mass is 10.2. The van der Waals surface area contributed by atoms with Crippen LogP contribution in [0.15, 0.2) is 48.5 Å². The first kappa shape index (κ1) is 16.5. The van der Waals surface area contributed by atoms with Crippen molar-refractivity contribution < 1.29 is 17.6 Å². The Balaban J connectivity index is 1.99. The number of amides is 1. The third-order valence-corrected chi connectivity index (χ3v) is 4.48. The first-order valence-corrected chi connectivity index (χ1v) is 8.54. The van der Waals surface area contributed by atoms with Gasteiger partial charge in [0.15, 0.2) is 9.84 Å². The minimum atomic E-state index is -3.68. The van der Waals surface area contributed by atoms with Gasteiger partial charge in [0.25, 0.3) is 0 Å². The third kappa shape index (κ3) is 5.13. The van der Waals surface area contributed by atoms with Gasteiger partial charge in [-0.2, -0.15) is 0 Å². The van der Waals surface area contributed by atoms with Crippen LogP contribution in [0.5, 0.6) is 0 Å². The molecule has 0 saturated heterocycles. The summed E-state index contributed by atoms with van der Waals surface area (Å²) in [6, 6.07) is 11.6. The molecule has 2 aromatic carbocycles. The molecular weight excluding hydrogens is 329 g/mol. The Hall–Kier alpha value is -1.92. The van der Waals surface area contributed by atoms with Gasteiger partial charge in [-0.15, -0.1) is 0 Å². The van der Waals surface area contributed by atoms with Gasteiger partial charge in [0, 0.05) is 10.7 Å². The van der Waals surface area contributed by atoms with E-state index in [-0.39, 0.29) is 0 Å². The number of hydrogen-bond acceptors (Lipinski definition) is 3. The summed E-state index contributed by atoms with van der Waals surface area (Å²) in [6.45, 7) is 0. The van der Waals surface area contributed by atoms with E-state index in [0.29, 0.717) is 16.3 Å². The molecule has 0 aliphatic heterocycles. The van der Waals surface area contributed by atoms with Crippen LogP contribution in [0.3, 0.4) is 0 Å². The molecule has 7 heteroatoms. The van der Waals surface area contributed by atoms with Crippen LogP contribution in [-0.2, 0) is 20.4 Å². The third-order valence-electron chi connectivity index (χ3n) is 2.75. The van der Waals surface area contributed by atoms with Crippen LogP contribution in [0.1, 0.15) is 5.56 Å². The summed E-state index contributed by atoms with van der Waals surface area (Å²) >= 11 is 5.72. The summed E-state index contributed by atoms with van der Waals surface area (Å²) < 4.78 is 37.0. The minimum Gasteiger partial charge on any atom is -0.325 e. The molecule has 0 atom stereocenters. The number of carbonyl (C=O) groups is 1. The smallest absolute Gasteiger partial charge is 0.239 e. The highest BCUT2D eigenvalue weighted by atomic mass is 35.5. The molecular formula is C15H13ClFNO3S. The van der Waals surface area contributed by atoms with E-state index >= 15 is 0 Å². The maximum atomic E-state index is 13.0. The van der Waals surface area contributed by atoms with E-state index in [9.17, 15) is 17.6 Å². The van der Waals surface area contributed by atoms with Crippen LogP contribution >= 0.6 is 11.6 Å². The topological polar surface area (TPSA) is 63.2 Å². The monoisotopic (exact) mass is 341 g/mol. The van der Waals surface area contributed by atoms with Crippen LogP contribution in [0, 0.1) is 5.82 Å². The molecule has 0 aromatic heterocycles. The van der Waals surface area contributed by atoms with E-state index in [2.05, 4.69) is 5.32 Å². The molecule has 0 unspecified atom stereocenters. The average molecular weight is 342 g/mol. The fourth-order valence-corrected chi connectivity index (χ4v) is 3.25. The number of rotatable bonds is 5. The zero-order valence-electron chi connectivity index (χ0n) is 11.4. The number of anilines is 1. The van der Waals surface area contributed by atoms with Crippen LogP contribution in [0.4, 0.5) is 10.1 Å². The lowest BCUT2D eigenvalue weighted by Crippen LogP contribution is -2.23. The molecule has 0 aliphatic carbocycles. The number of carbonyl (C=O) groups excluding carboxylic acids is 1. The first-order chi connectivity index (χ1) is 10.3. The van der Waals surface area contributed by atoms with Crippen LogP contribution < -0.4 is 5.32 Å². The molecule has 0 spiro atoms. The molecule has 116 valence electrons. The van der Waals surface area contributed by atoms with E-state index in [1.165, 1.54) is 18.2 Å². The summed E-state index contributed by atoms with van der Waals surface area (Å²) in [4.78, 5) is 11.8. The van der Waals surface area contributed by atoms with Crippen molar-refractivity contribution >= 4 is 33.0 Å². The van der Waals surface area contributed by atoms with E-state index in [1.807, 2.05) is 0 Å². The molecule has 0 saturated carbocycles. The lowest BCUT2D eigenvalue weighted by molar-refractivity contribution is -0.113. The van der Waals surface area contributed by atoms with Gasteiger partial charge in [-0.25, -0.2) is 12.8 Å². The lowest BCUT2D eigenvalue weighted by Gasteiger charge is -2.07. The van der Waals surface area contributed by atoms with E-state index in [1.54, 1.807) is 24.3 Å². The van der Waals surface area contributed by atoms with E-state index in [0.717, 1.165) is 6.07 Å². The second-order valence-electron chi connectivity index (χ2n) is 4.72. The summed E-state index contributed by atoms with van der Waals surface area (Å²) in [5.41, 5.74) is 0.759. The Morgan fingerprint density at radius 1 is 1.14 bits per heavy atom. The van der Waals surface area contributed by atoms with Crippen molar-refractivity contribution in [3.05, 3.63) is 64.9 Å². The average Bonchev–Trinajstić information content (AvgIpc) is 2.40. The Labute approximate surface area is 132 Å². The first-order valence-electron chi connectivity index (χ1n) is 6.34.